The molecule has 2 aliphatic heterocycles. The second kappa shape index (κ2) is 11.1. The van der Waals surface area contributed by atoms with Crippen LogP contribution in [-0.2, 0) is 0 Å². The monoisotopic (exact) mass is 470 g/mol. The van der Waals surface area contributed by atoms with Crippen molar-refractivity contribution in [1.82, 2.24) is 15.1 Å². The Kier molecular flexibility index (Phi) is 9.19. The van der Waals surface area contributed by atoms with Crippen molar-refractivity contribution in [3.63, 3.8) is 0 Å². The number of nitrogens with zero attached hydrogens (tertiary/aromatic N) is 3. The zero-order chi connectivity index (χ0) is 17.5. The summed E-state index contributed by atoms with van der Waals surface area (Å²) in [6.45, 7) is 9.39. The summed E-state index contributed by atoms with van der Waals surface area (Å²) >= 11 is 0. The van der Waals surface area contributed by atoms with Crippen molar-refractivity contribution in [2.24, 2.45) is 10.9 Å². The molecule has 2 heterocycles. The lowest BCUT2D eigenvalue weighted by Crippen LogP contribution is -2.48. The van der Waals surface area contributed by atoms with Gasteiger partial charge in [-0.15, -0.1) is 24.0 Å². The highest BCUT2D eigenvalue weighted by molar-refractivity contribution is 14.0. The van der Waals surface area contributed by atoms with Crippen LogP contribution in [0.3, 0.4) is 0 Å². The number of guanidine groups is 1. The van der Waals surface area contributed by atoms with Gasteiger partial charge in [-0.1, -0.05) is 37.3 Å². The van der Waals surface area contributed by atoms with Crippen LogP contribution in [0.5, 0.6) is 0 Å². The lowest BCUT2D eigenvalue weighted by molar-refractivity contribution is 0.234. The van der Waals surface area contributed by atoms with Crippen molar-refractivity contribution in [2.45, 2.75) is 38.5 Å². The first-order valence-corrected chi connectivity index (χ1v) is 10.0. The summed E-state index contributed by atoms with van der Waals surface area (Å²) in [4.78, 5) is 9.56. The molecule has 146 valence electrons. The van der Waals surface area contributed by atoms with E-state index in [1.165, 1.54) is 50.9 Å². The van der Waals surface area contributed by atoms with Gasteiger partial charge in [0.15, 0.2) is 5.96 Å². The van der Waals surface area contributed by atoms with Gasteiger partial charge >= 0.3 is 0 Å². The normalized spacial score (nSPS) is 24.4. The molecule has 4 nitrogen and oxygen atoms in total. The van der Waals surface area contributed by atoms with Crippen molar-refractivity contribution in [3.8, 4) is 0 Å². The predicted molar refractivity (Wildman–Crippen MR) is 122 cm³/mol. The fourth-order valence-electron chi connectivity index (χ4n) is 4.37. The Labute approximate surface area is 176 Å². The van der Waals surface area contributed by atoms with Crippen molar-refractivity contribution in [1.29, 1.82) is 0 Å². The maximum Gasteiger partial charge on any atom is 0.193 e. The lowest BCUT2D eigenvalue weighted by Gasteiger charge is -2.39. The molecule has 0 aromatic heterocycles. The van der Waals surface area contributed by atoms with E-state index in [0.29, 0.717) is 11.8 Å². The van der Waals surface area contributed by atoms with Crippen molar-refractivity contribution in [2.75, 3.05) is 46.3 Å². The Hall–Kier alpha value is -0.820. The van der Waals surface area contributed by atoms with Gasteiger partial charge in [0.25, 0.3) is 0 Å². The van der Waals surface area contributed by atoms with Gasteiger partial charge in [0.2, 0.25) is 0 Å². The van der Waals surface area contributed by atoms with Gasteiger partial charge in [-0.25, -0.2) is 0 Å². The maximum absolute atomic E-state index is 4.53. The number of rotatable bonds is 5. The van der Waals surface area contributed by atoms with Crippen molar-refractivity contribution >= 4 is 29.9 Å². The molecule has 3 rings (SSSR count). The minimum Gasteiger partial charge on any atom is -0.356 e. The largest absolute Gasteiger partial charge is 0.356 e. The Morgan fingerprint density at radius 3 is 2.54 bits per heavy atom. The van der Waals surface area contributed by atoms with Gasteiger partial charge < -0.3 is 15.1 Å². The number of benzene rings is 1. The van der Waals surface area contributed by atoms with E-state index in [4.69, 9.17) is 0 Å². The summed E-state index contributed by atoms with van der Waals surface area (Å²) in [5.74, 6) is 2.41. The van der Waals surface area contributed by atoms with E-state index in [2.05, 4.69) is 57.4 Å². The van der Waals surface area contributed by atoms with Crippen molar-refractivity contribution < 1.29 is 0 Å². The number of likely N-dealkylation sites (tertiary alicyclic amines) is 2. The first-order valence-electron chi connectivity index (χ1n) is 10.0. The quantitative estimate of drug-likeness (QED) is 0.308. The third-order valence-corrected chi connectivity index (χ3v) is 5.78. The number of aliphatic imine (C=N–C) groups is 1. The van der Waals surface area contributed by atoms with E-state index in [1.54, 1.807) is 0 Å². The molecule has 1 aromatic rings. The molecule has 0 saturated carbocycles. The van der Waals surface area contributed by atoms with Crippen LogP contribution in [-0.4, -0.2) is 62.1 Å². The van der Waals surface area contributed by atoms with Gasteiger partial charge in [-0.2, -0.15) is 0 Å². The van der Waals surface area contributed by atoms with Crippen LogP contribution in [0.4, 0.5) is 0 Å². The number of piperidine rings is 1. The second-order valence-electron chi connectivity index (χ2n) is 7.61. The highest BCUT2D eigenvalue weighted by Gasteiger charge is 2.28. The fourth-order valence-corrected chi connectivity index (χ4v) is 4.37. The van der Waals surface area contributed by atoms with Crippen LogP contribution in [0, 0.1) is 5.92 Å². The predicted octanol–water partition coefficient (Wildman–Crippen LogP) is 3.79. The lowest BCUT2D eigenvalue weighted by atomic mass is 9.82. The summed E-state index contributed by atoms with van der Waals surface area (Å²) < 4.78 is 0. The minimum absolute atomic E-state index is 0. The van der Waals surface area contributed by atoms with Gasteiger partial charge in [-0.3, -0.25) is 4.99 Å². The molecule has 2 atom stereocenters. The average Bonchev–Trinajstić information content (AvgIpc) is 3.16. The fraction of sp³-hybridized carbons (Fsp3) is 0.667. The van der Waals surface area contributed by atoms with Crippen LogP contribution in [0.15, 0.2) is 35.3 Å². The summed E-state index contributed by atoms with van der Waals surface area (Å²) in [6, 6.07) is 11.0. The SMILES string of the molecule is CN=C(NCCCN1CCCC1)N1CCC(c2ccccc2)C(C)C1.I. The molecule has 1 aromatic carbocycles. The molecule has 0 amide bonds. The standard InChI is InChI=1S/C21H34N4.HI/c1-18-17-25(16-11-20(18)19-9-4-3-5-10-19)21(22-2)23-12-8-15-24-13-6-7-14-24;/h3-5,9-10,18,20H,6-8,11-17H2,1-2H3,(H,22,23);1H. The molecule has 0 spiro atoms. The highest BCUT2D eigenvalue weighted by Crippen LogP contribution is 2.32. The van der Waals surface area contributed by atoms with E-state index >= 15 is 0 Å². The van der Waals surface area contributed by atoms with Gasteiger partial charge in [0, 0.05) is 26.7 Å². The van der Waals surface area contributed by atoms with Crippen LogP contribution in [0.25, 0.3) is 0 Å². The van der Waals surface area contributed by atoms with Crippen LogP contribution in [0.1, 0.15) is 44.1 Å². The van der Waals surface area contributed by atoms with Gasteiger partial charge in [0.1, 0.15) is 0 Å². The molecular formula is C21H35IN4. The number of hydrogen-bond acceptors (Lipinski definition) is 2. The Balaban J connectivity index is 0.00000243. The Morgan fingerprint density at radius 2 is 1.88 bits per heavy atom. The molecule has 1 N–H and O–H groups in total. The van der Waals surface area contributed by atoms with E-state index < -0.39 is 0 Å². The zero-order valence-corrected chi connectivity index (χ0v) is 18.7. The van der Waals surface area contributed by atoms with Gasteiger partial charge in [0.05, 0.1) is 0 Å². The van der Waals surface area contributed by atoms with Gasteiger partial charge in [-0.05, 0) is 62.7 Å². The average molecular weight is 470 g/mol. The van der Waals surface area contributed by atoms with E-state index in [9.17, 15) is 0 Å². The topological polar surface area (TPSA) is 30.9 Å². The van der Waals surface area contributed by atoms with Crippen LogP contribution >= 0.6 is 24.0 Å². The molecule has 0 aliphatic carbocycles. The van der Waals surface area contributed by atoms with E-state index in [-0.39, 0.29) is 24.0 Å². The molecule has 5 heteroatoms. The minimum atomic E-state index is 0. The zero-order valence-electron chi connectivity index (χ0n) is 16.4. The summed E-state index contributed by atoms with van der Waals surface area (Å²) in [6.07, 6.45) is 5.17. The molecule has 2 fully saturated rings. The molecule has 0 radical (unpaired) electrons. The smallest absolute Gasteiger partial charge is 0.193 e. The molecule has 2 saturated heterocycles. The summed E-state index contributed by atoms with van der Waals surface area (Å²) in [5.41, 5.74) is 1.49. The molecule has 0 bridgehead atoms. The summed E-state index contributed by atoms with van der Waals surface area (Å²) in [5, 5.41) is 3.59. The van der Waals surface area contributed by atoms with Crippen molar-refractivity contribution in [3.05, 3.63) is 35.9 Å². The molecule has 26 heavy (non-hydrogen) atoms. The maximum atomic E-state index is 4.53. The number of nitrogens with one attached hydrogen (secondary N) is 1. The number of halogens is 1. The van der Waals surface area contributed by atoms with E-state index in [1.807, 2.05) is 7.05 Å². The molecule has 2 unspecified atom stereocenters. The third kappa shape index (κ3) is 5.84. The van der Waals surface area contributed by atoms with Crippen LogP contribution < -0.4 is 5.32 Å². The Bertz CT molecular complexity index is 542. The Morgan fingerprint density at radius 1 is 1.15 bits per heavy atom. The molecule has 2 aliphatic rings. The third-order valence-electron chi connectivity index (χ3n) is 5.78. The van der Waals surface area contributed by atoms with E-state index in [0.717, 1.165) is 25.6 Å². The molecular weight excluding hydrogens is 435 g/mol. The highest BCUT2D eigenvalue weighted by atomic mass is 127. The second-order valence-corrected chi connectivity index (χ2v) is 7.61. The number of hydrogen-bond donors (Lipinski definition) is 1. The summed E-state index contributed by atoms with van der Waals surface area (Å²) in [7, 11) is 1.91. The first-order chi connectivity index (χ1) is 12.3. The van der Waals surface area contributed by atoms with Crippen LogP contribution in [0.2, 0.25) is 0 Å². The first kappa shape index (κ1) is 21.5.